The molecule has 0 bridgehead atoms. The first-order chi connectivity index (χ1) is 19.6. The maximum absolute atomic E-state index is 13.8. The number of hydrogen-bond donors (Lipinski definition) is 3. The molecule has 2 aromatic rings. The van der Waals surface area contributed by atoms with E-state index in [1.54, 1.807) is 32.0 Å². The number of carbonyl (C=O) groups is 3. The molecule has 0 saturated heterocycles. The van der Waals surface area contributed by atoms with Crippen LogP contribution in [0.5, 0.6) is 11.5 Å². The van der Waals surface area contributed by atoms with Crippen molar-refractivity contribution in [3.05, 3.63) is 80.2 Å². The molecule has 9 nitrogen and oxygen atoms in total. The number of ether oxygens (including phenoxy) is 2. The third-order valence-corrected chi connectivity index (χ3v) is 7.28. The van der Waals surface area contributed by atoms with Crippen molar-refractivity contribution in [1.82, 2.24) is 10.2 Å². The Morgan fingerprint density at radius 2 is 2.00 bits per heavy atom. The van der Waals surface area contributed by atoms with Gasteiger partial charge < -0.3 is 29.9 Å². The molecular formula is C30H34FIN2O7. The first-order valence-corrected chi connectivity index (χ1v) is 14.1. The summed E-state index contributed by atoms with van der Waals surface area (Å²) in [6.07, 6.45) is 1.59. The van der Waals surface area contributed by atoms with Gasteiger partial charge in [-0.25, -0.2) is 4.39 Å². The first-order valence-electron chi connectivity index (χ1n) is 13.0. The number of nitrogens with zero attached hydrogens (tertiary/aromatic N) is 1. The van der Waals surface area contributed by atoms with Gasteiger partial charge >= 0.3 is 0 Å². The van der Waals surface area contributed by atoms with Crippen molar-refractivity contribution in [2.75, 3.05) is 26.8 Å². The van der Waals surface area contributed by atoms with E-state index in [2.05, 4.69) is 5.32 Å². The second-order valence-corrected chi connectivity index (χ2v) is 11.0. The summed E-state index contributed by atoms with van der Waals surface area (Å²) in [5.74, 6) is -0.718. The molecule has 0 spiro atoms. The number of aldehydes is 1. The normalized spacial score (nSPS) is 18.1. The summed E-state index contributed by atoms with van der Waals surface area (Å²) in [6.45, 7) is 3.45. The number of aliphatic hydroxyl groups excluding tert-OH is 2. The van der Waals surface area contributed by atoms with Gasteiger partial charge in [0.1, 0.15) is 24.3 Å². The second-order valence-electron chi connectivity index (χ2n) is 9.80. The van der Waals surface area contributed by atoms with Crippen molar-refractivity contribution < 1.29 is 38.5 Å². The van der Waals surface area contributed by atoms with Gasteiger partial charge in [0.25, 0.3) is 0 Å². The van der Waals surface area contributed by atoms with Gasteiger partial charge in [0.05, 0.1) is 23.3 Å². The van der Waals surface area contributed by atoms with Gasteiger partial charge in [-0.3, -0.25) is 14.4 Å². The van der Waals surface area contributed by atoms with Crippen LogP contribution in [0.15, 0.2) is 59.7 Å². The van der Waals surface area contributed by atoms with E-state index < -0.39 is 30.0 Å². The highest BCUT2D eigenvalue weighted by molar-refractivity contribution is 14.1. The number of nitrogens with one attached hydrogen (secondary N) is 1. The van der Waals surface area contributed by atoms with Crippen molar-refractivity contribution in [3.8, 4) is 11.5 Å². The molecule has 41 heavy (non-hydrogen) atoms. The lowest BCUT2D eigenvalue weighted by Gasteiger charge is -2.40. The van der Waals surface area contributed by atoms with Gasteiger partial charge in [-0.1, -0.05) is 17.7 Å². The van der Waals surface area contributed by atoms with Crippen LogP contribution in [0.3, 0.4) is 0 Å². The molecule has 0 heterocycles. The average molecular weight is 681 g/mol. The lowest BCUT2D eigenvalue weighted by molar-refractivity contribution is -0.133. The third kappa shape index (κ3) is 8.60. The Labute approximate surface area is 252 Å². The van der Waals surface area contributed by atoms with Crippen LogP contribution >= 0.6 is 22.6 Å². The van der Waals surface area contributed by atoms with Crippen molar-refractivity contribution >= 4 is 40.7 Å². The second kappa shape index (κ2) is 15.1. The van der Waals surface area contributed by atoms with Crippen LogP contribution in [0.4, 0.5) is 4.39 Å². The molecule has 2 aromatic carbocycles. The van der Waals surface area contributed by atoms with Crippen LogP contribution in [0.2, 0.25) is 0 Å². The Balaban J connectivity index is 2.03. The van der Waals surface area contributed by atoms with Crippen LogP contribution < -0.4 is 14.8 Å². The van der Waals surface area contributed by atoms with Gasteiger partial charge in [0.15, 0.2) is 11.5 Å². The highest BCUT2D eigenvalue weighted by atomic mass is 127. The maximum atomic E-state index is 13.8. The molecule has 220 valence electrons. The third-order valence-electron chi connectivity index (χ3n) is 6.48. The molecule has 3 rings (SSSR count). The summed E-state index contributed by atoms with van der Waals surface area (Å²) in [7, 11) is 1.42. The fourth-order valence-electron chi connectivity index (χ4n) is 4.55. The van der Waals surface area contributed by atoms with Gasteiger partial charge in [-0.2, -0.15) is 0 Å². The highest BCUT2D eigenvalue weighted by Crippen LogP contribution is 2.37. The molecule has 0 aliphatic heterocycles. The van der Waals surface area contributed by atoms with Crippen molar-refractivity contribution in [2.24, 2.45) is 0 Å². The highest BCUT2D eigenvalue weighted by Gasteiger charge is 2.40. The molecule has 11 heteroatoms. The molecule has 1 aliphatic carbocycles. The molecule has 1 aliphatic rings. The lowest BCUT2D eigenvalue weighted by atomic mass is 9.87. The predicted molar refractivity (Wildman–Crippen MR) is 159 cm³/mol. The van der Waals surface area contributed by atoms with Gasteiger partial charge in [0.2, 0.25) is 11.8 Å². The molecule has 0 aromatic heterocycles. The molecule has 0 fully saturated rings. The van der Waals surface area contributed by atoms with Gasteiger partial charge in [0, 0.05) is 36.7 Å². The van der Waals surface area contributed by atoms with Crippen LogP contribution in [-0.4, -0.2) is 78.3 Å². The van der Waals surface area contributed by atoms with Crippen LogP contribution in [0, 0.1) is 9.39 Å². The molecule has 0 radical (unpaired) electrons. The summed E-state index contributed by atoms with van der Waals surface area (Å²) in [5.41, 5.74) is 2.05. The van der Waals surface area contributed by atoms with Crippen LogP contribution in [0.25, 0.3) is 0 Å². The Morgan fingerprint density at radius 1 is 1.24 bits per heavy atom. The summed E-state index contributed by atoms with van der Waals surface area (Å²) >= 11 is 1.99. The topological polar surface area (TPSA) is 125 Å². The largest absolute Gasteiger partial charge is 0.493 e. The van der Waals surface area contributed by atoms with Crippen molar-refractivity contribution in [2.45, 2.75) is 44.9 Å². The minimum Gasteiger partial charge on any atom is -0.493 e. The zero-order chi connectivity index (χ0) is 30.1. The molecule has 3 unspecified atom stereocenters. The fraction of sp³-hybridized carbons (Fsp3) is 0.367. The summed E-state index contributed by atoms with van der Waals surface area (Å²) < 4.78 is 26.0. The minimum atomic E-state index is -1.27. The standard InChI is InChI=1S/C30H34FIN2O7/c1-18(2)11-27(37)34(9-7-19-5-4-6-22(31)12-19)24-15-21(30(39)33-8-10-35)16-25(28(24)38)41-29-23(32)13-20(17-36)14-26(29)40-3/h4-6,11-14,16-17,24-25,28,35,38H,7-10,15H2,1-3H3,(H,33,39). The molecule has 2 amide bonds. The molecule has 3 atom stereocenters. The van der Waals surface area contributed by atoms with E-state index in [-0.39, 0.29) is 49.1 Å². The molecule has 3 N–H and O–H groups in total. The fourth-order valence-corrected chi connectivity index (χ4v) is 5.30. The van der Waals surface area contributed by atoms with Crippen molar-refractivity contribution in [3.63, 3.8) is 0 Å². The smallest absolute Gasteiger partial charge is 0.247 e. The molecule has 0 saturated carbocycles. The van der Waals surface area contributed by atoms with Crippen molar-refractivity contribution in [1.29, 1.82) is 0 Å². The lowest BCUT2D eigenvalue weighted by Crippen LogP contribution is -2.55. The number of allylic oxidation sites excluding steroid dienone is 1. The zero-order valence-electron chi connectivity index (χ0n) is 23.1. The Bertz CT molecular complexity index is 1330. The van der Waals surface area contributed by atoms with Gasteiger partial charge in [-0.15, -0.1) is 0 Å². The summed E-state index contributed by atoms with van der Waals surface area (Å²) in [6, 6.07) is 8.28. The number of aliphatic hydroxyl groups is 2. The van der Waals surface area contributed by atoms with E-state index in [4.69, 9.17) is 9.47 Å². The Kier molecular flexibility index (Phi) is 11.9. The van der Waals surface area contributed by atoms with E-state index in [1.165, 1.54) is 42.4 Å². The number of benzene rings is 2. The first kappa shape index (κ1) is 32.2. The van der Waals surface area contributed by atoms with E-state index in [9.17, 15) is 29.0 Å². The van der Waals surface area contributed by atoms with E-state index in [0.29, 0.717) is 27.4 Å². The van der Waals surface area contributed by atoms with E-state index in [1.807, 2.05) is 22.6 Å². The van der Waals surface area contributed by atoms with Crippen LogP contribution in [-0.2, 0) is 16.0 Å². The quantitative estimate of drug-likeness (QED) is 0.179. The maximum Gasteiger partial charge on any atom is 0.247 e. The van der Waals surface area contributed by atoms with E-state index in [0.717, 1.165) is 5.57 Å². The predicted octanol–water partition coefficient (Wildman–Crippen LogP) is 3.20. The van der Waals surface area contributed by atoms with Crippen LogP contribution in [0.1, 0.15) is 36.2 Å². The number of carbonyl (C=O) groups excluding carboxylic acids is 3. The number of methoxy groups -OCH3 is 1. The number of hydrogen-bond acceptors (Lipinski definition) is 7. The average Bonchev–Trinajstić information content (AvgIpc) is 2.93. The van der Waals surface area contributed by atoms with E-state index >= 15 is 0 Å². The van der Waals surface area contributed by atoms with Gasteiger partial charge in [-0.05, 0) is 78.8 Å². The molecular weight excluding hydrogens is 646 g/mol. The summed E-state index contributed by atoms with van der Waals surface area (Å²) in [4.78, 5) is 39.3. The SMILES string of the molecule is COc1cc(C=O)cc(I)c1OC1C=C(C(=O)NCCO)CC(N(CCc2cccc(F)c2)C(=O)C=C(C)C)C1O. The summed E-state index contributed by atoms with van der Waals surface area (Å²) in [5, 5.41) is 23.4. The number of rotatable bonds is 12. The Morgan fingerprint density at radius 3 is 2.63 bits per heavy atom. The minimum absolute atomic E-state index is 0.0160. The number of halogens is 2. The zero-order valence-corrected chi connectivity index (χ0v) is 25.3. The Hall–Kier alpha value is -3.29. The number of amides is 2. The monoisotopic (exact) mass is 680 g/mol.